The molecule has 2 aromatic heterocycles. The first kappa shape index (κ1) is 32.7. The molecular weight excluding hydrogens is 695 g/mol. The van der Waals surface area contributed by atoms with Crippen molar-refractivity contribution in [3.05, 3.63) is 212 Å². The molecule has 0 saturated heterocycles. The molecule has 4 heteroatoms. The largest absolute Gasteiger partial charge is 0.435 e. The number of fused-ring (bicyclic) bond motifs is 6. The van der Waals surface area contributed by atoms with Gasteiger partial charge in [-0.3, -0.25) is 0 Å². The minimum absolute atomic E-state index is 0.606. The molecule has 0 bridgehead atoms. The van der Waals surface area contributed by atoms with Crippen molar-refractivity contribution in [3.63, 3.8) is 0 Å². The molecule has 57 heavy (non-hydrogen) atoms. The van der Waals surface area contributed by atoms with Crippen LogP contribution in [-0.2, 0) is 0 Å². The molecule has 0 radical (unpaired) electrons. The molecule has 0 fully saturated rings. The number of anilines is 3. The highest BCUT2D eigenvalue weighted by Crippen LogP contribution is 2.48. The number of hydrogen-bond acceptors (Lipinski definition) is 3. The summed E-state index contributed by atoms with van der Waals surface area (Å²) in [5, 5.41) is 4.87. The predicted molar refractivity (Wildman–Crippen MR) is 237 cm³/mol. The van der Waals surface area contributed by atoms with Crippen LogP contribution in [0.2, 0.25) is 0 Å². The van der Waals surface area contributed by atoms with E-state index in [1.165, 1.54) is 27.1 Å². The van der Waals surface area contributed by atoms with E-state index in [1.54, 1.807) is 0 Å². The summed E-state index contributed by atoms with van der Waals surface area (Å²) in [5.74, 6) is 0.606. The fourth-order valence-corrected chi connectivity index (χ4v) is 8.47. The molecule has 0 atom stereocenters. The van der Waals surface area contributed by atoms with E-state index in [0.717, 1.165) is 67.2 Å². The van der Waals surface area contributed by atoms with Gasteiger partial charge in [-0.1, -0.05) is 146 Å². The molecule has 0 N–H and O–H groups in total. The van der Waals surface area contributed by atoms with Gasteiger partial charge in [0, 0.05) is 44.4 Å². The molecule has 0 spiro atoms. The van der Waals surface area contributed by atoms with Crippen LogP contribution in [0.5, 0.6) is 0 Å². The van der Waals surface area contributed by atoms with Crippen molar-refractivity contribution in [2.45, 2.75) is 0 Å². The van der Waals surface area contributed by atoms with Crippen LogP contribution < -0.4 is 4.90 Å². The van der Waals surface area contributed by atoms with E-state index in [-0.39, 0.29) is 0 Å². The Hall–Kier alpha value is -7.69. The van der Waals surface area contributed by atoms with Gasteiger partial charge < -0.3 is 13.9 Å². The minimum atomic E-state index is 0.606. The lowest BCUT2D eigenvalue weighted by atomic mass is 9.98. The van der Waals surface area contributed by atoms with Gasteiger partial charge in [0.15, 0.2) is 5.58 Å². The standard InChI is InChI=1S/C53H35N3O/c1-4-17-36(18-5-1)41-24-12-14-29-47(41)56(48-30-15-13-26-43(48)44-27-16-28-46-52(44)57-53(54-46)38-20-6-2-7-21-38)40-32-34-49-45(35-40)51-42-25-11-10-19-37(42)31-33-50(51)55(49)39-22-8-3-9-23-39/h1-35H. The number of hydrogen-bond donors (Lipinski definition) is 0. The number of rotatable bonds is 7. The summed E-state index contributed by atoms with van der Waals surface area (Å²) in [6.07, 6.45) is 0. The second kappa shape index (κ2) is 13.6. The molecule has 0 amide bonds. The Labute approximate surface area is 330 Å². The second-order valence-corrected chi connectivity index (χ2v) is 14.3. The third-order valence-electron chi connectivity index (χ3n) is 11.0. The molecule has 0 aliphatic heterocycles. The van der Waals surface area contributed by atoms with Crippen LogP contribution in [0.1, 0.15) is 0 Å². The van der Waals surface area contributed by atoms with Crippen molar-refractivity contribution in [3.8, 4) is 39.4 Å². The fourth-order valence-electron chi connectivity index (χ4n) is 8.47. The van der Waals surface area contributed by atoms with E-state index < -0.39 is 0 Å². The van der Waals surface area contributed by atoms with E-state index in [0.29, 0.717) is 5.89 Å². The van der Waals surface area contributed by atoms with Crippen LogP contribution in [0.15, 0.2) is 217 Å². The van der Waals surface area contributed by atoms with Crippen LogP contribution >= 0.6 is 0 Å². The van der Waals surface area contributed by atoms with Crippen molar-refractivity contribution in [1.29, 1.82) is 0 Å². The van der Waals surface area contributed by atoms with Crippen LogP contribution in [0.4, 0.5) is 17.1 Å². The molecule has 4 nitrogen and oxygen atoms in total. The van der Waals surface area contributed by atoms with Gasteiger partial charge >= 0.3 is 0 Å². The van der Waals surface area contributed by atoms with Crippen molar-refractivity contribution in [2.75, 3.05) is 4.90 Å². The average molecular weight is 730 g/mol. The topological polar surface area (TPSA) is 34.2 Å². The highest BCUT2D eigenvalue weighted by atomic mass is 16.3. The molecular formula is C53H35N3O. The zero-order chi connectivity index (χ0) is 37.7. The third kappa shape index (κ3) is 5.50. The Morgan fingerprint density at radius 2 is 1.05 bits per heavy atom. The average Bonchev–Trinajstić information content (AvgIpc) is 3.88. The Morgan fingerprint density at radius 3 is 1.84 bits per heavy atom. The van der Waals surface area contributed by atoms with Crippen LogP contribution in [0.25, 0.3) is 83.1 Å². The van der Waals surface area contributed by atoms with Gasteiger partial charge in [-0.25, -0.2) is 4.98 Å². The zero-order valence-corrected chi connectivity index (χ0v) is 31.0. The Kier molecular flexibility index (Phi) is 7.78. The molecule has 0 saturated carbocycles. The summed E-state index contributed by atoms with van der Waals surface area (Å²) in [6.45, 7) is 0. The molecule has 0 unspecified atom stereocenters. The normalized spacial score (nSPS) is 11.5. The second-order valence-electron chi connectivity index (χ2n) is 14.3. The first-order chi connectivity index (χ1) is 28.3. The van der Waals surface area contributed by atoms with Crippen LogP contribution in [-0.4, -0.2) is 9.55 Å². The van der Waals surface area contributed by atoms with Gasteiger partial charge in [0.2, 0.25) is 5.89 Å². The Balaban J connectivity index is 1.20. The fraction of sp³-hybridized carbons (Fsp3) is 0. The summed E-state index contributed by atoms with van der Waals surface area (Å²) in [7, 11) is 0. The molecule has 9 aromatic carbocycles. The third-order valence-corrected chi connectivity index (χ3v) is 11.0. The van der Waals surface area contributed by atoms with Crippen LogP contribution in [0.3, 0.4) is 0 Å². The van der Waals surface area contributed by atoms with E-state index in [2.05, 4.69) is 185 Å². The molecule has 268 valence electrons. The van der Waals surface area contributed by atoms with E-state index in [9.17, 15) is 0 Å². The lowest BCUT2D eigenvalue weighted by Crippen LogP contribution is -2.12. The first-order valence-corrected chi connectivity index (χ1v) is 19.3. The zero-order valence-electron chi connectivity index (χ0n) is 31.0. The quantitative estimate of drug-likeness (QED) is 0.164. The summed E-state index contributed by atoms with van der Waals surface area (Å²) in [6, 6.07) is 75.2. The summed E-state index contributed by atoms with van der Waals surface area (Å²) in [4.78, 5) is 7.36. The number of nitrogens with zero attached hydrogens (tertiary/aromatic N) is 3. The van der Waals surface area contributed by atoms with E-state index in [1.807, 2.05) is 36.4 Å². The molecule has 0 aliphatic carbocycles. The maximum Gasteiger partial charge on any atom is 0.227 e. The Bertz CT molecular complexity index is 3240. The maximum atomic E-state index is 6.64. The van der Waals surface area contributed by atoms with Crippen molar-refractivity contribution >= 4 is 60.7 Å². The van der Waals surface area contributed by atoms with Gasteiger partial charge in [-0.05, 0) is 83.1 Å². The van der Waals surface area contributed by atoms with E-state index >= 15 is 0 Å². The van der Waals surface area contributed by atoms with Crippen molar-refractivity contribution in [1.82, 2.24) is 9.55 Å². The minimum Gasteiger partial charge on any atom is -0.435 e. The predicted octanol–water partition coefficient (Wildman–Crippen LogP) is 14.5. The van der Waals surface area contributed by atoms with E-state index in [4.69, 9.17) is 9.40 Å². The summed E-state index contributed by atoms with van der Waals surface area (Å²) in [5.41, 5.74) is 13.4. The van der Waals surface area contributed by atoms with Crippen molar-refractivity contribution in [2.24, 2.45) is 0 Å². The molecule has 0 aliphatic rings. The monoisotopic (exact) mass is 729 g/mol. The van der Waals surface area contributed by atoms with Gasteiger partial charge in [-0.2, -0.15) is 0 Å². The van der Waals surface area contributed by atoms with Gasteiger partial charge in [0.1, 0.15) is 5.52 Å². The summed E-state index contributed by atoms with van der Waals surface area (Å²) >= 11 is 0. The van der Waals surface area contributed by atoms with Gasteiger partial charge in [0.05, 0.1) is 22.4 Å². The number of aromatic nitrogens is 2. The van der Waals surface area contributed by atoms with Gasteiger partial charge in [-0.15, -0.1) is 0 Å². The lowest BCUT2D eigenvalue weighted by Gasteiger charge is -2.30. The SMILES string of the molecule is c1ccc(-c2nc3cccc(-c4ccccc4N(c4ccc5c(c4)c4c6ccccc6ccc4n5-c4ccccc4)c4ccccc4-c4ccccc4)c3o2)cc1. The van der Waals surface area contributed by atoms with Gasteiger partial charge in [0.25, 0.3) is 0 Å². The maximum absolute atomic E-state index is 6.64. The highest BCUT2D eigenvalue weighted by molar-refractivity contribution is 6.22. The number of benzene rings is 9. The first-order valence-electron chi connectivity index (χ1n) is 19.3. The molecule has 11 aromatic rings. The smallest absolute Gasteiger partial charge is 0.227 e. The lowest BCUT2D eigenvalue weighted by molar-refractivity contribution is 0.621. The highest BCUT2D eigenvalue weighted by Gasteiger charge is 2.24. The molecule has 2 heterocycles. The Morgan fingerprint density at radius 1 is 0.439 bits per heavy atom. The number of para-hydroxylation sites is 4. The van der Waals surface area contributed by atoms with Crippen LogP contribution in [0, 0.1) is 0 Å². The van der Waals surface area contributed by atoms with Crippen molar-refractivity contribution < 1.29 is 4.42 Å². The molecule has 11 rings (SSSR count). The number of oxazole rings is 1. The summed E-state index contributed by atoms with van der Waals surface area (Å²) < 4.78 is 9.03.